The second-order valence-corrected chi connectivity index (χ2v) is 11.9. The van der Waals surface area contributed by atoms with Gasteiger partial charge in [-0.05, 0) is 56.5 Å². The third kappa shape index (κ3) is 5.68. The standard InChI is InChI=1S/C27H29F3N4O3S/c1-16(2)12-27(4,31)15-37-23-10-9-22(33-24(23)25(29)30)21-14-34(26-20(21)11-18(28)13-32-26)38(35,36)19-7-5-17(3)6-8-19/h5-11,13-14,16,25H,12,15,31H2,1-4H3/t27-/m0/s1. The van der Waals surface area contributed by atoms with Gasteiger partial charge in [0.1, 0.15) is 23.9 Å². The van der Waals surface area contributed by atoms with Crippen LogP contribution < -0.4 is 10.5 Å². The summed E-state index contributed by atoms with van der Waals surface area (Å²) in [4.78, 5) is 8.07. The van der Waals surface area contributed by atoms with Crippen molar-refractivity contribution in [2.45, 2.75) is 51.0 Å². The minimum Gasteiger partial charge on any atom is -0.490 e. The first-order chi connectivity index (χ1) is 17.8. The fraction of sp³-hybridized carbons (Fsp3) is 0.333. The highest BCUT2D eigenvalue weighted by Crippen LogP contribution is 2.35. The van der Waals surface area contributed by atoms with E-state index >= 15 is 0 Å². The first kappa shape index (κ1) is 27.6. The number of nitrogens with two attached hydrogens (primary N) is 1. The van der Waals surface area contributed by atoms with Gasteiger partial charge in [-0.1, -0.05) is 31.5 Å². The van der Waals surface area contributed by atoms with Crippen molar-refractivity contribution in [1.82, 2.24) is 13.9 Å². The van der Waals surface area contributed by atoms with Gasteiger partial charge in [-0.3, -0.25) is 0 Å². The molecule has 4 aromatic rings. The van der Waals surface area contributed by atoms with Crippen LogP contribution in [-0.4, -0.2) is 34.5 Å². The highest BCUT2D eigenvalue weighted by molar-refractivity contribution is 7.90. The Kier molecular flexibility index (Phi) is 7.53. The van der Waals surface area contributed by atoms with E-state index in [1.165, 1.54) is 30.5 Å². The number of halogens is 3. The van der Waals surface area contributed by atoms with Gasteiger partial charge in [0, 0.05) is 22.7 Å². The van der Waals surface area contributed by atoms with Gasteiger partial charge in [-0.15, -0.1) is 0 Å². The molecule has 0 saturated carbocycles. The Bertz CT molecular complexity index is 1570. The number of pyridine rings is 2. The van der Waals surface area contributed by atoms with Gasteiger partial charge in [-0.25, -0.2) is 35.5 Å². The molecular weight excluding hydrogens is 517 g/mol. The largest absolute Gasteiger partial charge is 0.490 e. The van der Waals surface area contributed by atoms with Gasteiger partial charge in [0.25, 0.3) is 16.4 Å². The molecule has 0 amide bonds. The number of nitrogens with zero attached hydrogens (tertiary/aromatic N) is 3. The number of alkyl halides is 2. The van der Waals surface area contributed by atoms with Gasteiger partial charge in [0.15, 0.2) is 5.65 Å². The summed E-state index contributed by atoms with van der Waals surface area (Å²) in [7, 11) is -4.13. The molecule has 38 heavy (non-hydrogen) atoms. The summed E-state index contributed by atoms with van der Waals surface area (Å²) in [5, 5.41) is 0.105. The molecule has 0 bridgehead atoms. The highest BCUT2D eigenvalue weighted by Gasteiger charge is 2.27. The van der Waals surface area contributed by atoms with Gasteiger partial charge in [-0.2, -0.15) is 0 Å². The summed E-state index contributed by atoms with van der Waals surface area (Å²) < 4.78 is 75.7. The first-order valence-electron chi connectivity index (χ1n) is 12.0. The number of hydrogen-bond acceptors (Lipinski definition) is 6. The molecule has 0 fully saturated rings. The lowest BCUT2D eigenvalue weighted by atomic mass is 9.93. The van der Waals surface area contributed by atoms with E-state index in [2.05, 4.69) is 9.97 Å². The number of fused-ring (bicyclic) bond motifs is 1. The number of aromatic nitrogens is 3. The maximum absolute atomic E-state index is 14.2. The van der Waals surface area contributed by atoms with Crippen molar-refractivity contribution in [3.8, 4) is 17.0 Å². The molecule has 3 heterocycles. The molecule has 1 atom stereocenters. The van der Waals surface area contributed by atoms with E-state index in [9.17, 15) is 21.6 Å². The lowest BCUT2D eigenvalue weighted by Gasteiger charge is -2.27. The molecule has 0 saturated heterocycles. The van der Waals surface area contributed by atoms with Crippen LogP contribution in [0.3, 0.4) is 0 Å². The maximum Gasteiger partial charge on any atom is 0.284 e. The lowest BCUT2D eigenvalue weighted by Crippen LogP contribution is -2.43. The molecule has 3 aromatic heterocycles. The molecule has 0 aliphatic heterocycles. The number of hydrogen-bond donors (Lipinski definition) is 1. The van der Waals surface area contributed by atoms with Crippen molar-refractivity contribution >= 4 is 21.1 Å². The Morgan fingerprint density at radius 3 is 2.45 bits per heavy atom. The third-order valence-corrected chi connectivity index (χ3v) is 7.62. The SMILES string of the molecule is Cc1ccc(S(=O)(=O)n2cc(-c3ccc(OC[C@@](C)(N)CC(C)C)c(C(F)F)n3)c3cc(F)cnc32)cc1. The summed E-state index contributed by atoms with van der Waals surface area (Å²) >= 11 is 0. The summed E-state index contributed by atoms with van der Waals surface area (Å²) in [6.45, 7) is 7.59. The molecule has 202 valence electrons. The Morgan fingerprint density at radius 1 is 1.13 bits per heavy atom. The average molecular weight is 547 g/mol. The van der Waals surface area contributed by atoms with Gasteiger partial charge in [0.2, 0.25) is 0 Å². The van der Waals surface area contributed by atoms with E-state index < -0.39 is 33.5 Å². The van der Waals surface area contributed by atoms with Crippen molar-refractivity contribution in [3.05, 3.63) is 71.9 Å². The molecule has 0 spiro atoms. The summed E-state index contributed by atoms with van der Waals surface area (Å²) in [6, 6.07) is 10.0. The minimum absolute atomic E-state index is 0.00480. The monoisotopic (exact) mass is 546 g/mol. The van der Waals surface area contributed by atoms with Crippen LogP contribution in [0.25, 0.3) is 22.3 Å². The highest BCUT2D eigenvalue weighted by atomic mass is 32.2. The van der Waals surface area contributed by atoms with E-state index in [0.717, 1.165) is 21.8 Å². The second-order valence-electron chi connectivity index (χ2n) is 10.1. The number of rotatable bonds is 9. The number of aryl methyl sites for hydroxylation is 1. The quantitative estimate of drug-likeness (QED) is 0.282. The first-order valence-corrected chi connectivity index (χ1v) is 13.4. The smallest absolute Gasteiger partial charge is 0.284 e. The summed E-state index contributed by atoms with van der Waals surface area (Å²) in [5.74, 6) is -0.568. The van der Waals surface area contributed by atoms with Crippen molar-refractivity contribution in [3.63, 3.8) is 0 Å². The molecular formula is C27H29F3N4O3S. The van der Waals surface area contributed by atoms with Crippen LogP contribution in [-0.2, 0) is 10.0 Å². The van der Waals surface area contributed by atoms with Crippen molar-refractivity contribution in [2.24, 2.45) is 11.7 Å². The zero-order valence-electron chi connectivity index (χ0n) is 21.5. The van der Waals surface area contributed by atoms with E-state index in [4.69, 9.17) is 10.5 Å². The third-order valence-electron chi connectivity index (χ3n) is 5.96. The molecule has 0 aliphatic carbocycles. The maximum atomic E-state index is 14.2. The van der Waals surface area contributed by atoms with Gasteiger partial charge in [0.05, 0.1) is 16.8 Å². The lowest BCUT2D eigenvalue weighted by molar-refractivity contribution is 0.134. The predicted octanol–water partition coefficient (Wildman–Crippen LogP) is 5.86. The molecule has 1 aromatic carbocycles. The summed E-state index contributed by atoms with van der Waals surface area (Å²) in [5.41, 5.74) is 5.83. The minimum atomic E-state index is -4.13. The Morgan fingerprint density at radius 2 is 1.82 bits per heavy atom. The van der Waals surface area contributed by atoms with Crippen molar-refractivity contribution in [2.75, 3.05) is 6.61 Å². The molecule has 0 radical (unpaired) electrons. The zero-order chi connectivity index (χ0) is 27.8. The van der Waals surface area contributed by atoms with Crippen LogP contribution in [0.2, 0.25) is 0 Å². The van der Waals surface area contributed by atoms with E-state index in [-0.39, 0.29) is 45.5 Å². The topological polar surface area (TPSA) is 100 Å². The van der Waals surface area contributed by atoms with Crippen molar-refractivity contribution < 1.29 is 26.3 Å². The predicted molar refractivity (Wildman–Crippen MR) is 139 cm³/mol. The van der Waals surface area contributed by atoms with Crippen LogP contribution in [0.5, 0.6) is 5.75 Å². The van der Waals surface area contributed by atoms with Crippen LogP contribution in [0.1, 0.15) is 44.9 Å². The van der Waals surface area contributed by atoms with Gasteiger partial charge >= 0.3 is 0 Å². The Balaban J connectivity index is 1.80. The Hall–Kier alpha value is -3.44. The van der Waals surface area contributed by atoms with E-state index in [1.807, 2.05) is 20.8 Å². The fourth-order valence-electron chi connectivity index (χ4n) is 4.39. The molecule has 2 N–H and O–H groups in total. The van der Waals surface area contributed by atoms with E-state index in [0.29, 0.717) is 6.42 Å². The second kappa shape index (κ2) is 10.4. The molecule has 0 unspecified atom stereocenters. The van der Waals surface area contributed by atoms with Crippen LogP contribution in [0.4, 0.5) is 13.2 Å². The van der Waals surface area contributed by atoms with Crippen LogP contribution in [0.15, 0.2) is 59.8 Å². The van der Waals surface area contributed by atoms with Gasteiger partial charge < -0.3 is 10.5 Å². The van der Waals surface area contributed by atoms with E-state index in [1.54, 1.807) is 19.1 Å². The number of ether oxygens (including phenoxy) is 1. The number of benzene rings is 1. The Labute approximate surface area is 219 Å². The summed E-state index contributed by atoms with van der Waals surface area (Å²) in [6.07, 6.45) is -0.262. The van der Waals surface area contributed by atoms with Crippen molar-refractivity contribution in [1.29, 1.82) is 0 Å². The fourth-order valence-corrected chi connectivity index (χ4v) is 5.71. The van der Waals surface area contributed by atoms with Crippen LogP contribution >= 0.6 is 0 Å². The molecule has 7 nitrogen and oxygen atoms in total. The van der Waals surface area contributed by atoms with Crippen LogP contribution in [0, 0.1) is 18.7 Å². The average Bonchev–Trinajstić information content (AvgIpc) is 3.21. The zero-order valence-corrected chi connectivity index (χ0v) is 22.3. The molecule has 11 heteroatoms. The normalized spacial score (nSPS) is 13.8. The molecule has 4 rings (SSSR count). The molecule has 0 aliphatic rings.